The van der Waals surface area contributed by atoms with Crippen LogP contribution in [0.15, 0.2) is 59.1 Å². The Kier molecular flexibility index (Phi) is 4.68. The number of ketones is 1. The number of hydrogen-bond donors (Lipinski definition) is 0. The number of aromatic nitrogens is 3. The lowest BCUT2D eigenvalue weighted by Gasteiger charge is -2.08. The second-order valence-corrected chi connectivity index (χ2v) is 7.15. The Balaban J connectivity index is 1.94. The fraction of sp³-hybridized carbons (Fsp3) is 0.0952. The van der Waals surface area contributed by atoms with Gasteiger partial charge in [-0.1, -0.05) is 15.9 Å². The minimum absolute atomic E-state index is 0.158. The van der Waals surface area contributed by atoms with Gasteiger partial charge in [-0.25, -0.2) is 13.9 Å². The number of benzene rings is 2. The van der Waals surface area contributed by atoms with Crippen LogP contribution in [0, 0.1) is 5.82 Å². The Bertz CT molecular complexity index is 1200. The number of fused-ring (bicyclic) bond motifs is 1. The third-order valence-corrected chi connectivity index (χ3v) is 4.87. The second-order valence-electron chi connectivity index (χ2n) is 6.24. The summed E-state index contributed by atoms with van der Waals surface area (Å²) in [5.74, 6) is 0.171. The van der Waals surface area contributed by atoms with E-state index >= 15 is 0 Å². The Morgan fingerprint density at radius 2 is 1.86 bits per heavy atom. The molecule has 0 amide bonds. The van der Waals surface area contributed by atoms with Crippen LogP contribution in [0.1, 0.15) is 17.4 Å². The van der Waals surface area contributed by atoms with Crippen molar-refractivity contribution in [2.45, 2.75) is 6.92 Å². The van der Waals surface area contributed by atoms with Crippen molar-refractivity contribution in [2.75, 3.05) is 7.11 Å². The molecule has 0 radical (unpaired) electrons. The highest BCUT2D eigenvalue weighted by molar-refractivity contribution is 9.10. The SMILES string of the molecule is COc1ccc(-c2cc(C(C)=O)nc3cc(-c4ccc(Br)cc4F)nn23)cc1. The van der Waals surface area contributed by atoms with Crippen LogP contribution >= 0.6 is 15.9 Å². The van der Waals surface area contributed by atoms with Crippen molar-refractivity contribution in [3.63, 3.8) is 0 Å². The zero-order valence-corrected chi connectivity index (χ0v) is 16.7. The van der Waals surface area contributed by atoms with Gasteiger partial charge in [-0.05, 0) is 48.5 Å². The molecule has 0 aliphatic heterocycles. The maximum atomic E-state index is 14.4. The number of Topliss-reactive ketones (excluding diaryl/α,β-unsaturated/α-hetero) is 1. The van der Waals surface area contributed by atoms with Gasteiger partial charge < -0.3 is 4.74 Å². The molecule has 0 atom stereocenters. The lowest BCUT2D eigenvalue weighted by atomic mass is 10.1. The smallest absolute Gasteiger partial charge is 0.178 e. The van der Waals surface area contributed by atoms with Crippen molar-refractivity contribution in [1.82, 2.24) is 14.6 Å². The van der Waals surface area contributed by atoms with Gasteiger partial charge in [0.2, 0.25) is 0 Å². The molecule has 4 rings (SSSR count). The molecule has 2 heterocycles. The Morgan fingerprint density at radius 1 is 1.11 bits per heavy atom. The summed E-state index contributed by atoms with van der Waals surface area (Å²) in [6, 6.07) is 15.6. The van der Waals surface area contributed by atoms with Crippen LogP contribution < -0.4 is 4.74 Å². The molecule has 0 saturated carbocycles. The Hall–Kier alpha value is -3.06. The minimum atomic E-state index is -0.393. The van der Waals surface area contributed by atoms with Crippen LogP contribution in [0.3, 0.4) is 0 Å². The molecule has 7 heteroatoms. The summed E-state index contributed by atoms with van der Waals surface area (Å²) in [5.41, 5.74) is 3.10. The lowest BCUT2D eigenvalue weighted by molar-refractivity contribution is 0.101. The van der Waals surface area contributed by atoms with Crippen molar-refractivity contribution < 1.29 is 13.9 Å². The summed E-state index contributed by atoms with van der Waals surface area (Å²) < 4.78 is 21.9. The van der Waals surface area contributed by atoms with Gasteiger partial charge in [0.15, 0.2) is 11.4 Å². The fourth-order valence-corrected chi connectivity index (χ4v) is 3.28. The molecule has 0 aliphatic rings. The normalized spacial score (nSPS) is 11.0. The molecular weight excluding hydrogens is 425 g/mol. The number of hydrogen-bond acceptors (Lipinski definition) is 4. The van der Waals surface area contributed by atoms with Crippen LogP contribution in [0.2, 0.25) is 0 Å². The molecule has 0 saturated heterocycles. The van der Waals surface area contributed by atoms with Gasteiger partial charge in [-0.15, -0.1) is 0 Å². The zero-order valence-electron chi connectivity index (χ0n) is 15.1. The third-order valence-electron chi connectivity index (χ3n) is 4.38. The summed E-state index contributed by atoms with van der Waals surface area (Å²) >= 11 is 3.26. The average Bonchev–Trinajstić information content (AvgIpc) is 3.11. The van der Waals surface area contributed by atoms with E-state index in [1.807, 2.05) is 24.3 Å². The molecule has 28 heavy (non-hydrogen) atoms. The van der Waals surface area contributed by atoms with E-state index in [-0.39, 0.29) is 5.78 Å². The standard InChI is InChI=1S/C21H15BrFN3O2/c1-12(27)18-10-20(13-3-6-15(28-2)7-4-13)26-21(24-18)11-19(25-26)16-8-5-14(22)9-17(16)23/h3-11H,1-2H3. The van der Waals surface area contributed by atoms with Gasteiger partial charge in [-0.3, -0.25) is 4.79 Å². The van der Waals surface area contributed by atoms with Crippen molar-refractivity contribution in [3.8, 4) is 28.3 Å². The first-order valence-electron chi connectivity index (χ1n) is 8.48. The van der Waals surface area contributed by atoms with Crippen LogP contribution in [0.4, 0.5) is 4.39 Å². The van der Waals surface area contributed by atoms with Crippen LogP contribution in [-0.2, 0) is 0 Å². The highest BCUT2D eigenvalue weighted by atomic mass is 79.9. The summed E-state index contributed by atoms with van der Waals surface area (Å²) in [5, 5.41) is 4.55. The van der Waals surface area contributed by atoms with Crippen molar-refractivity contribution >= 4 is 27.4 Å². The number of ether oxygens (including phenoxy) is 1. The lowest BCUT2D eigenvalue weighted by Crippen LogP contribution is -2.03. The number of halogens is 2. The largest absolute Gasteiger partial charge is 0.497 e. The number of methoxy groups -OCH3 is 1. The van der Waals surface area contributed by atoms with Crippen molar-refractivity contribution in [2.24, 2.45) is 0 Å². The van der Waals surface area contributed by atoms with Crippen LogP contribution in [-0.4, -0.2) is 27.5 Å². The van der Waals surface area contributed by atoms with E-state index in [9.17, 15) is 9.18 Å². The fourth-order valence-electron chi connectivity index (χ4n) is 2.95. The van der Waals surface area contributed by atoms with Gasteiger partial charge in [0, 0.05) is 28.6 Å². The highest BCUT2D eigenvalue weighted by Gasteiger charge is 2.16. The molecule has 0 bridgehead atoms. The number of carbonyl (C=O) groups excluding carboxylic acids is 1. The predicted octanol–water partition coefficient (Wildman–Crippen LogP) is 5.18. The summed E-state index contributed by atoms with van der Waals surface area (Å²) in [6.45, 7) is 1.46. The molecule has 0 aliphatic carbocycles. The molecule has 140 valence electrons. The van der Waals surface area contributed by atoms with E-state index < -0.39 is 5.82 Å². The first-order chi connectivity index (χ1) is 13.5. The minimum Gasteiger partial charge on any atom is -0.497 e. The molecule has 0 fully saturated rings. The molecule has 0 unspecified atom stereocenters. The first kappa shape index (κ1) is 18.3. The zero-order chi connectivity index (χ0) is 19.8. The maximum absolute atomic E-state index is 14.4. The van der Waals surface area contributed by atoms with Crippen LogP contribution in [0.5, 0.6) is 5.75 Å². The van der Waals surface area contributed by atoms with Gasteiger partial charge in [-0.2, -0.15) is 5.10 Å². The van der Waals surface area contributed by atoms with E-state index in [0.717, 1.165) is 11.3 Å². The number of rotatable bonds is 4. The van der Waals surface area contributed by atoms with Crippen molar-refractivity contribution in [3.05, 3.63) is 70.6 Å². The average molecular weight is 440 g/mol. The monoisotopic (exact) mass is 439 g/mol. The quantitative estimate of drug-likeness (QED) is 0.411. The topological polar surface area (TPSA) is 56.5 Å². The molecule has 0 spiro atoms. The van der Waals surface area contributed by atoms with Gasteiger partial charge in [0.25, 0.3) is 0 Å². The van der Waals surface area contributed by atoms with E-state index in [4.69, 9.17) is 4.74 Å². The van der Waals surface area contributed by atoms with Gasteiger partial charge >= 0.3 is 0 Å². The molecule has 5 nitrogen and oxygen atoms in total. The predicted molar refractivity (Wildman–Crippen MR) is 108 cm³/mol. The van der Waals surface area contributed by atoms with E-state index in [0.29, 0.717) is 32.8 Å². The van der Waals surface area contributed by atoms with Gasteiger partial charge in [0.1, 0.15) is 17.3 Å². The highest BCUT2D eigenvalue weighted by Crippen LogP contribution is 2.29. The van der Waals surface area contributed by atoms with E-state index in [1.54, 1.807) is 35.9 Å². The summed E-state index contributed by atoms with van der Waals surface area (Å²) in [7, 11) is 1.60. The van der Waals surface area contributed by atoms with E-state index in [1.165, 1.54) is 13.0 Å². The second kappa shape index (κ2) is 7.16. The van der Waals surface area contributed by atoms with Crippen LogP contribution in [0.25, 0.3) is 28.2 Å². The maximum Gasteiger partial charge on any atom is 0.178 e. The summed E-state index contributed by atoms with van der Waals surface area (Å²) in [6.07, 6.45) is 0. The molecule has 4 aromatic rings. The molecular formula is C21H15BrFN3O2. The molecule has 2 aromatic heterocycles. The number of nitrogens with zero attached hydrogens (tertiary/aromatic N) is 3. The Morgan fingerprint density at radius 3 is 2.50 bits per heavy atom. The van der Waals surface area contributed by atoms with Gasteiger partial charge in [0.05, 0.1) is 18.5 Å². The third kappa shape index (κ3) is 3.29. The molecule has 2 aromatic carbocycles. The van der Waals surface area contributed by atoms with Crippen molar-refractivity contribution in [1.29, 1.82) is 0 Å². The van der Waals surface area contributed by atoms with E-state index in [2.05, 4.69) is 26.0 Å². The molecule has 0 N–H and O–H groups in total. The summed E-state index contributed by atoms with van der Waals surface area (Å²) in [4.78, 5) is 16.3. The first-order valence-corrected chi connectivity index (χ1v) is 9.27. The Labute approximate surface area is 168 Å². The number of carbonyl (C=O) groups is 1.